The van der Waals surface area contributed by atoms with Crippen molar-refractivity contribution >= 4 is 41.4 Å². The van der Waals surface area contributed by atoms with E-state index in [-0.39, 0.29) is 30.1 Å². The molecular formula is C43H68ClN7O5. The van der Waals surface area contributed by atoms with Crippen molar-refractivity contribution in [2.75, 3.05) is 60.5 Å². The van der Waals surface area contributed by atoms with Gasteiger partial charge in [0.2, 0.25) is 5.91 Å². The highest BCUT2D eigenvalue weighted by Gasteiger charge is 2.34. The fraction of sp³-hybridized carbons (Fsp3) is 0.581. The lowest BCUT2D eigenvalue weighted by atomic mass is 9.89. The highest BCUT2D eigenvalue weighted by Crippen LogP contribution is 2.29. The zero-order chi connectivity index (χ0) is 41.5. The first-order chi connectivity index (χ1) is 26.8. The zero-order valence-electron chi connectivity index (χ0n) is 35.1. The highest BCUT2D eigenvalue weighted by molar-refractivity contribution is 6.30. The van der Waals surface area contributed by atoms with Gasteiger partial charge in [-0.1, -0.05) is 69.7 Å². The maximum absolute atomic E-state index is 13.5. The van der Waals surface area contributed by atoms with Crippen LogP contribution in [0.3, 0.4) is 0 Å². The molecule has 3 rings (SSSR count). The van der Waals surface area contributed by atoms with Crippen LogP contribution in [0, 0.1) is 0 Å². The number of nitrogens with one attached hydrogen (secondary N) is 3. The van der Waals surface area contributed by atoms with E-state index < -0.39 is 11.6 Å². The number of hydrogen-bond donors (Lipinski definition) is 3. The number of nitrogens with zero attached hydrogens (tertiary/aromatic N) is 4. The molecule has 0 aliphatic carbocycles. The lowest BCUT2D eigenvalue weighted by Crippen LogP contribution is -2.49. The van der Waals surface area contributed by atoms with Crippen molar-refractivity contribution in [3.63, 3.8) is 0 Å². The van der Waals surface area contributed by atoms with E-state index in [4.69, 9.17) is 21.1 Å². The van der Waals surface area contributed by atoms with Crippen molar-refractivity contribution in [1.82, 2.24) is 30.7 Å². The van der Waals surface area contributed by atoms with Crippen LogP contribution in [0.5, 0.6) is 0 Å². The summed E-state index contributed by atoms with van der Waals surface area (Å²) in [4.78, 5) is 46.3. The van der Waals surface area contributed by atoms with E-state index in [1.807, 2.05) is 51.1 Å². The summed E-state index contributed by atoms with van der Waals surface area (Å²) in [6.07, 6.45) is 18.6. The third-order valence-corrected chi connectivity index (χ3v) is 9.89. The number of likely N-dealkylation sites (tertiary alicyclic amines) is 1. The third-order valence-electron chi connectivity index (χ3n) is 9.65. The van der Waals surface area contributed by atoms with Gasteiger partial charge in [-0.3, -0.25) is 9.59 Å². The van der Waals surface area contributed by atoms with E-state index in [1.54, 1.807) is 42.6 Å². The van der Waals surface area contributed by atoms with Crippen molar-refractivity contribution in [2.45, 2.75) is 103 Å². The lowest BCUT2D eigenvalue weighted by Gasteiger charge is -2.33. The maximum Gasteiger partial charge on any atom is 0.410 e. The summed E-state index contributed by atoms with van der Waals surface area (Å²) in [5.74, 6) is -0.0716. The number of aliphatic imine (C=N–C) groups is 1. The highest BCUT2D eigenvalue weighted by atomic mass is 35.5. The summed E-state index contributed by atoms with van der Waals surface area (Å²) in [7, 11) is 5.40. The molecule has 12 nitrogen and oxygen atoms in total. The molecule has 0 saturated carbocycles. The Balaban J connectivity index is 0.000000496. The molecule has 3 N–H and O–H groups in total. The van der Waals surface area contributed by atoms with Crippen LogP contribution in [-0.2, 0) is 25.5 Å². The molecule has 1 aromatic carbocycles. The van der Waals surface area contributed by atoms with E-state index in [2.05, 4.69) is 65.7 Å². The molecular weight excluding hydrogens is 730 g/mol. The Morgan fingerprint density at radius 2 is 1.79 bits per heavy atom. The van der Waals surface area contributed by atoms with Crippen molar-refractivity contribution in [1.29, 1.82) is 0 Å². The second-order valence-electron chi connectivity index (χ2n) is 14.4. The third kappa shape index (κ3) is 16.5. The molecule has 0 radical (unpaired) electrons. The van der Waals surface area contributed by atoms with Crippen LogP contribution in [0.4, 0.5) is 4.79 Å². The summed E-state index contributed by atoms with van der Waals surface area (Å²) in [5.41, 5.74) is 2.12. The summed E-state index contributed by atoms with van der Waals surface area (Å²) in [6, 6.07) is 5.57. The molecule has 0 spiro atoms. The van der Waals surface area contributed by atoms with E-state index >= 15 is 0 Å². The van der Waals surface area contributed by atoms with Gasteiger partial charge in [0.15, 0.2) is 0 Å². The molecule has 2 unspecified atom stereocenters. The van der Waals surface area contributed by atoms with Gasteiger partial charge in [0, 0.05) is 97.5 Å². The predicted octanol–water partition coefficient (Wildman–Crippen LogP) is 6.58. The molecule has 0 bridgehead atoms. The first-order valence-electron chi connectivity index (χ1n) is 20.0. The first kappa shape index (κ1) is 48.0. The summed E-state index contributed by atoms with van der Waals surface area (Å²) < 4.78 is 11.1. The van der Waals surface area contributed by atoms with Crippen molar-refractivity contribution in [2.24, 2.45) is 4.99 Å². The van der Waals surface area contributed by atoms with Crippen molar-refractivity contribution in [3.05, 3.63) is 77.6 Å². The number of allylic oxidation sites excluding steroid dienone is 2. The molecule has 312 valence electrons. The number of piperazine rings is 1. The van der Waals surface area contributed by atoms with E-state index in [0.29, 0.717) is 37.6 Å². The molecule has 2 aliphatic rings. The van der Waals surface area contributed by atoms with E-state index in [9.17, 15) is 14.4 Å². The van der Waals surface area contributed by atoms with Gasteiger partial charge in [0.25, 0.3) is 5.91 Å². The van der Waals surface area contributed by atoms with Crippen LogP contribution in [0.1, 0.15) is 84.3 Å². The van der Waals surface area contributed by atoms with E-state index in [1.165, 1.54) is 0 Å². The van der Waals surface area contributed by atoms with Crippen LogP contribution >= 0.6 is 11.6 Å². The van der Waals surface area contributed by atoms with Gasteiger partial charge in [-0.25, -0.2) is 9.79 Å². The number of piperidine rings is 1. The smallest absolute Gasteiger partial charge is 0.410 e. The summed E-state index contributed by atoms with van der Waals surface area (Å²) in [6.45, 7) is 18.0. The SMILES string of the molecule is C=CNC(/C=C\CC)Cc1ccc(Cl)cc1/C(=C\CC)[C@H](/C=C/N=CN(C)C)NC(=O)C(C)(CCC)OC.CC(=O)N1CCC(OC(=O)N2CCNCC2)CC1. The number of carbonyl (C=O) groups excluding carboxylic acids is 3. The number of carbonyl (C=O) groups is 3. The quantitative estimate of drug-likeness (QED) is 0.0865. The molecule has 1 aromatic rings. The maximum atomic E-state index is 13.5. The Kier molecular flexibility index (Phi) is 22.2. The van der Waals surface area contributed by atoms with Crippen LogP contribution in [0.15, 0.2) is 66.5 Å². The largest absolute Gasteiger partial charge is 0.446 e. The second kappa shape index (κ2) is 25.9. The Bertz CT molecular complexity index is 1500. The average Bonchev–Trinajstić information content (AvgIpc) is 3.18. The zero-order valence-corrected chi connectivity index (χ0v) is 35.9. The topological polar surface area (TPSA) is 128 Å². The Labute approximate surface area is 341 Å². The molecule has 2 aliphatic heterocycles. The Hall–Kier alpha value is -4.13. The molecule has 13 heteroatoms. The van der Waals surface area contributed by atoms with Gasteiger partial charge in [-0.05, 0) is 73.7 Å². The number of rotatable bonds is 18. The molecule has 2 saturated heterocycles. The number of hydrogen-bond acceptors (Lipinski definition) is 8. The van der Waals surface area contributed by atoms with Gasteiger partial charge >= 0.3 is 6.09 Å². The minimum Gasteiger partial charge on any atom is -0.446 e. The van der Waals surface area contributed by atoms with Crippen LogP contribution in [0.25, 0.3) is 5.57 Å². The lowest BCUT2D eigenvalue weighted by molar-refractivity contribution is -0.142. The fourth-order valence-corrected chi connectivity index (χ4v) is 6.63. The summed E-state index contributed by atoms with van der Waals surface area (Å²) in [5, 5.41) is 10.4. The Morgan fingerprint density at radius 1 is 1.09 bits per heavy atom. The predicted molar refractivity (Wildman–Crippen MR) is 230 cm³/mol. The van der Waals surface area contributed by atoms with Crippen LogP contribution < -0.4 is 16.0 Å². The number of halogens is 1. The van der Waals surface area contributed by atoms with Gasteiger partial charge in [-0.2, -0.15) is 0 Å². The average molecular weight is 799 g/mol. The van der Waals surface area contributed by atoms with Gasteiger partial charge in [0.05, 0.1) is 12.4 Å². The monoisotopic (exact) mass is 797 g/mol. The molecule has 2 heterocycles. The number of methoxy groups -OCH3 is 1. The standard InChI is InChI=1S/C31H47ClN4O2.C12H21N3O3/c1-9-13-15-26(34-12-4)21-24-16-17-25(32)22-28(24)27(14-10-2)29(18-20-33-23-36(6)7)35-30(37)31(5,38-8)19-11-3;1-10(16)14-6-2-11(3-7-14)18-12(17)15-8-4-13-5-9-15/h12-18,20,22-23,26,29,34H,4,9-11,19,21H2,1-3,5-8H3,(H,35,37);11,13H,2-9H2,1H3/b15-13-,20-18+,27-14+,33-23?;/t26?,29-,31?;/m0./s1. The number of amides is 3. The molecule has 0 aromatic heterocycles. The molecule has 56 heavy (non-hydrogen) atoms. The molecule has 3 amide bonds. The van der Waals surface area contributed by atoms with E-state index in [0.717, 1.165) is 68.3 Å². The van der Waals surface area contributed by atoms with Crippen LogP contribution in [0.2, 0.25) is 5.02 Å². The van der Waals surface area contributed by atoms with Gasteiger partial charge < -0.3 is 40.1 Å². The summed E-state index contributed by atoms with van der Waals surface area (Å²) >= 11 is 6.52. The van der Waals surface area contributed by atoms with Crippen LogP contribution in [-0.4, -0.2) is 123 Å². The molecule has 3 atom stereocenters. The van der Waals surface area contributed by atoms with Gasteiger partial charge in [-0.15, -0.1) is 0 Å². The number of ether oxygens (including phenoxy) is 2. The Morgan fingerprint density at radius 3 is 2.36 bits per heavy atom. The number of benzene rings is 1. The van der Waals surface area contributed by atoms with Crippen molar-refractivity contribution in [3.8, 4) is 0 Å². The van der Waals surface area contributed by atoms with Gasteiger partial charge in [0.1, 0.15) is 11.7 Å². The fourth-order valence-electron chi connectivity index (χ4n) is 6.46. The normalized spacial score (nSPS) is 17.6. The minimum absolute atomic E-state index is 0.0389. The van der Waals surface area contributed by atoms with Crippen molar-refractivity contribution < 1.29 is 23.9 Å². The minimum atomic E-state index is -0.938. The first-order valence-corrected chi connectivity index (χ1v) is 20.4. The second-order valence-corrected chi connectivity index (χ2v) is 14.9. The molecule has 2 fully saturated rings.